The zero-order valence-electron chi connectivity index (χ0n) is 13.3. The molecular weight excluding hydrogens is 321 g/mol. The van der Waals surface area contributed by atoms with E-state index in [0.29, 0.717) is 12.2 Å². The lowest BCUT2D eigenvalue weighted by Crippen LogP contribution is -2.43. The van der Waals surface area contributed by atoms with Crippen LogP contribution in [0.15, 0.2) is 24.3 Å². The number of hydrogen-bond acceptors (Lipinski definition) is 3. The number of nitrogens with one attached hydrogen (secondary N) is 2. The van der Waals surface area contributed by atoms with E-state index in [2.05, 4.69) is 10.6 Å². The number of alkyl halides is 3. The average Bonchev–Trinajstić information content (AvgIpc) is 2.89. The molecule has 1 aromatic rings. The fourth-order valence-electron chi connectivity index (χ4n) is 3.49. The van der Waals surface area contributed by atoms with Gasteiger partial charge in [-0.2, -0.15) is 13.2 Å². The SMILES string of the molecule is O=C(Cc1cccc(C(F)(F)F)c1)N[C@H]1COC2(CCNCC2)C1. The third kappa shape index (κ3) is 4.08. The lowest BCUT2D eigenvalue weighted by Gasteiger charge is -2.32. The molecule has 1 aromatic carbocycles. The normalized spacial score (nSPS) is 23.4. The van der Waals surface area contributed by atoms with E-state index in [1.54, 1.807) is 0 Å². The first kappa shape index (κ1) is 17.2. The van der Waals surface area contributed by atoms with Crippen molar-refractivity contribution in [3.8, 4) is 0 Å². The zero-order chi connectivity index (χ0) is 17.2. The molecule has 2 heterocycles. The first-order valence-electron chi connectivity index (χ1n) is 8.17. The van der Waals surface area contributed by atoms with Crippen molar-refractivity contribution >= 4 is 5.91 Å². The minimum absolute atomic E-state index is 0.0605. The van der Waals surface area contributed by atoms with Gasteiger partial charge in [0.25, 0.3) is 0 Å². The van der Waals surface area contributed by atoms with Gasteiger partial charge < -0.3 is 15.4 Å². The molecule has 2 fully saturated rings. The summed E-state index contributed by atoms with van der Waals surface area (Å²) < 4.78 is 44.0. The lowest BCUT2D eigenvalue weighted by atomic mass is 9.88. The van der Waals surface area contributed by atoms with E-state index in [-0.39, 0.29) is 24.0 Å². The molecule has 1 amide bonds. The molecule has 24 heavy (non-hydrogen) atoms. The van der Waals surface area contributed by atoms with Crippen LogP contribution in [0, 0.1) is 0 Å². The summed E-state index contributed by atoms with van der Waals surface area (Å²) >= 11 is 0. The maximum Gasteiger partial charge on any atom is 0.416 e. The van der Waals surface area contributed by atoms with Crippen molar-refractivity contribution < 1.29 is 22.7 Å². The van der Waals surface area contributed by atoms with Gasteiger partial charge in [-0.15, -0.1) is 0 Å². The molecule has 4 nitrogen and oxygen atoms in total. The molecule has 1 atom stereocenters. The minimum Gasteiger partial charge on any atom is -0.373 e. The van der Waals surface area contributed by atoms with Crippen molar-refractivity contribution in [3.63, 3.8) is 0 Å². The van der Waals surface area contributed by atoms with Gasteiger partial charge in [-0.05, 0) is 44.0 Å². The quantitative estimate of drug-likeness (QED) is 0.886. The highest BCUT2D eigenvalue weighted by Crippen LogP contribution is 2.34. The monoisotopic (exact) mass is 342 g/mol. The second kappa shape index (κ2) is 6.72. The molecule has 0 unspecified atom stereocenters. The summed E-state index contributed by atoms with van der Waals surface area (Å²) in [6.07, 6.45) is -1.84. The number of carbonyl (C=O) groups is 1. The first-order valence-corrected chi connectivity index (χ1v) is 8.17. The van der Waals surface area contributed by atoms with Crippen LogP contribution in [0.4, 0.5) is 13.2 Å². The van der Waals surface area contributed by atoms with E-state index in [4.69, 9.17) is 4.74 Å². The Labute approximate surface area is 138 Å². The number of benzene rings is 1. The second-order valence-electron chi connectivity index (χ2n) is 6.59. The Balaban J connectivity index is 1.55. The summed E-state index contributed by atoms with van der Waals surface area (Å²) in [6, 6.07) is 4.83. The van der Waals surface area contributed by atoms with Crippen molar-refractivity contribution in [2.75, 3.05) is 19.7 Å². The summed E-state index contributed by atoms with van der Waals surface area (Å²) in [5, 5.41) is 6.17. The Bertz CT molecular complexity index is 598. The number of rotatable bonds is 3. The van der Waals surface area contributed by atoms with Crippen LogP contribution in [0.5, 0.6) is 0 Å². The molecule has 0 bridgehead atoms. The molecule has 2 aliphatic heterocycles. The fourth-order valence-corrected chi connectivity index (χ4v) is 3.49. The van der Waals surface area contributed by atoms with Crippen LogP contribution >= 0.6 is 0 Å². The van der Waals surface area contributed by atoms with Crippen LogP contribution in [-0.2, 0) is 22.1 Å². The Morgan fingerprint density at radius 1 is 1.33 bits per heavy atom. The van der Waals surface area contributed by atoms with Crippen LogP contribution in [-0.4, -0.2) is 37.2 Å². The Morgan fingerprint density at radius 2 is 2.08 bits per heavy atom. The van der Waals surface area contributed by atoms with E-state index in [9.17, 15) is 18.0 Å². The number of piperidine rings is 1. The predicted octanol–water partition coefficient (Wildman–Crippen LogP) is 2.28. The number of amides is 1. The van der Waals surface area contributed by atoms with Crippen LogP contribution in [0.25, 0.3) is 0 Å². The second-order valence-corrected chi connectivity index (χ2v) is 6.59. The van der Waals surface area contributed by atoms with E-state index < -0.39 is 11.7 Å². The van der Waals surface area contributed by atoms with Gasteiger partial charge in [0.15, 0.2) is 0 Å². The minimum atomic E-state index is -4.40. The fraction of sp³-hybridized carbons (Fsp3) is 0.588. The molecule has 0 saturated carbocycles. The number of halogens is 3. The van der Waals surface area contributed by atoms with Crippen molar-refractivity contribution in [3.05, 3.63) is 35.4 Å². The van der Waals surface area contributed by atoms with Crippen molar-refractivity contribution in [2.45, 2.75) is 43.5 Å². The molecule has 0 aromatic heterocycles. The molecule has 2 N–H and O–H groups in total. The van der Waals surface area contributed by atoms with Gasteiger partial charge in [0.1, 0.15) is 0 Å². The molecule has 132 valence electrons. The smallest absolute Gasteiger partial charge is 0.373 e. The largest absolute Gasteiger partial charge is 0.416 e. The van der Waals surface area contributed by atoms with Gasteiger partial charge in [0.05, 0.1) is 30.2 Å². The van der Waals surface area contributed by atoms with E-state index in [0.717, 1.165) is 44.5 Å². The highest BCUT2D eigenvalue weighted by molar-refractivity contribution is 5.79. The van der Waals surface area contributed by atoms with E-state index >= 15 is 0 Å². The molecule has 0 aliphatic carbocycles. The third-order valence-electron chi connectivity index (χ3n) is 4.71. The predicted molar refractivity (Wildman–Crippen MR) is 82.5 cm³/mol. The van der Waals surface area contributed by atoms with Crippen molar-refractivity contribution in [2.24, 2.45) is 0 Å². The topological polar surface area (TPSA) is 50.4 Å². The molecule has 1 spiro atoms. The highest BCUT2D eigenvalue weighted by Gasteiger charge is 2.41. The number of hydrogen-bond donors (Lipinski definition) is 2. The number of carbonyl (C=O) groups excluding carboxylic acids is 1. The van der Waals surface area contributed by atoms with Crippen LogP contribution < -0.4 is 10.6 Å². The Kier molecular flexibility index (Phi) is 4.83. The van der Waals surface area contributed by atoms with Crippen LogP contribution in [0.1, 0.15) is 30.4 Å². The van der Waals surface area contributed by atoms with Gasteiger partial charge in [-0.1, -0.05) is 18.2 Å². The molecule has 0 radical (unpaired) electrons. The summed E-state index contributed by atoms with van der Waals surface area (Å²) in [5.41, 5.74) is -0.525. The number of ether oxygens (including phenoxy) is 1. The zero-order valence-corrected chi connectivity index (χ0v) is 13.3. The van der Waals surface area contributed by atoms with E-state index in [1.165, 1.54) is 12.1 Å². The summed E-state index contributed by atoms with van der Waals surface area (Å²) in [4.78, 5) is 12.1. The Morgan fingerprint density at radius 3 is 2.79 bits per heavy atom. The van der Waals surface area contributed by atoms with Crippen molar-refractivity contribution in [1.29, 1.82) is 0 Å². The molecule has 3 rings (SSSR count). The summed E-state index contributed by atoms with van der Waals surface area (Å²) in [6.45, 7) is 2.28. The van der Waals surface area contributed by atoms with Gasteiger partial charge in [0.2, 0.25) is 5.91 Å². The lowest BCUT2D eigenvalue weighted by molar-refractivity contribution is -0.137. The van der Waals surface area contributed by atoms with E-state index in [1.807, 2.05) is 0 Å². The third-order valence-corrected chi connectivity index (χ3v) is 4.71. The summed E-state index contributed by atoms with van der Waals surface area (Å²) in [5.74, 6) is -0.270. The van der Waals surface area contributed by atoms with Crippen molar-refractivity contribution in [1.82, 2.24) is 10.6 Å². The Hall–Kier alpha value is -1.60. The first-order chi connectivity index (χ1) is 11.4. The average molecular weight is 342 g/mol. The summed E-state index contributed by atoms with van der Waals surface area (Å²) in [7, 11) is 0. The highest BCUT2D eigenvalue weighted by atomic mass is 19.4. The van der Waals surface area contributed by atoms with Gasteiger partial charge in [-0.25, -0.2) is 0 Å². The molecule has 7 heteroatoms. The maximum absolute atomic E-state index is 12.7. The maximum atomic E-state index is 12.7. The van der Waals surface area contributed by atoms with Gasteiger partial charge in [0, 0.05) is 0 Å². The standard InChI is InChI=1S/C17H21F3N2O2/c18-17(19,20)13-3-1-2-12(8-13)9-15(23)22-14-10-16(24-11-14)4-6-21-7-5-16/h1-3,8,14,21H,4-7,9-11H2,(H,22,23)/t14-/m1/s1. The molecule has 2 aliphatic rings. The van der Waals surface area contributed by atoms with Crippen LogP contribution in [0.3, 0.4) is 0 Å². The van der Waals surface area contributed by atoms with Gasteiger partial charge >= 0.3 is 6.18 Å². The molecular formula is C17H21F3N2O2. The molecule has 2 saturated heterocycles. The van der Waals surface area contributed by atoms with Gasteiger partial charge in [-0.3, -0.25) is 4.79 Å². The van der Waals surface area contributed by atoms with Crippen LogP contribution in [0.2, 0.25) is 0 Å².